The molecule has 2 rings (SSSR count). The van der Waals surface area contributed by atoms with Gasteiger partial charge in [0.2, 0.25) is 0 Å². The first-order valence-electron chi connectivity index (χ1n) is 5.47. The molecule has 0 fully saturated rings. The largest absolute Gasteiger partial charge is 0.484 e. The molecule has 0 saturated carbocycles. The topological polar surface area (TPSA) is 45.9 Å². The molecule has 4 heteroatoms. The van der Waals surface area contributed by atoms with Crippen molar-refractivity contribution < 1.29 is 9.13 Å². The minimum atomic E-state index is -0.300. The minimum absolute atomic E-state index is 0.261. The van der Waals surface area contributed by atoms with Crippen molar-refractivity contribution in [2.75, 3.05) is 0 Å². The van der Waals surface area contributed by atoms with Crippen molar-refractivity contribution >= 4 is 0 Å². The maximum Gasteiger partial charge on any atom is 0.138 e. The quantitative estimate of drug-likeness (QED) is 0.830. The van der Waals surface area contributed by atoms with E-state index in [9.17, 15) is 4.39 Å². The van der Waals surface area contributed by atoms with Crippen LogP contribution in [0.1, 0.15) is 24.3 Å². The Labute approximate surface area is 104 Å². The molecule has 0 N–H and O–H groups in total. The molecule has 0 aliphatic carbocycles. The van der Waals surface area contributed by atoms with Crippen molar-refractivity contribution in [2.45, 2.75) is 13.0 Å². The van der Waals surface area contributed by atoms with Crippen LogP contribution in [0.25, 0.3) is 0 Å². The predicted molar refractivity (Wildman–Crippen MR) is 64.4 cm³/mol. The highest BCUT2D eigenvalue weighted by atomic mass is 19.1. The van der Waals surface area contributed by atoms with Crippen molar-refractivity contribution in [3.05, 3.63) is 59.7 Å². The lowest BCUT2D eigenvalue weighted by Crippen LogP contribution is -2.05. The molecule has 1 unspecified atom stereocenters. The molecule has 0 aliphatic rings. The molecular weight excluding hydrogens is 231 g/mol. The third kappa shape index (κ3) is 2.83. The summed E-state index contributed by atoms with van der Waals surface area (Å²) in [5.41, 5.74) is 1.23. The molecule has 1 aromatic carbocycles. The number of rotatable bonds is 3. The molecule has 0 saturated heterocycles. The van der Waals surface area contributed by atoms with Gasteiger partial charge in [0.25, 0.3) is 0 Å². The zero-order chi connectivity index (χ0) is 13.0. The first-order chi connectivity index (χ1) is 8.69. The number of hydrogen-bond acceptors (Lipinski definition) is 3. The smallest absolute Gasteiger partial charge is 0.138 e. The van der Waals surface area contributed by atoms with Crippen molar-refractivity contribution in [1.29, 1.82) is 5.26 Å². The summed E-state index contributed by atoms with van der Waals surface area (Å²) < 4.78 is 18.3. The van der Waals surface area contributed by atoms with E-state index in [1.807, 2.05) is 13.0 Å². The highest BCUT2D eigenvalue weighted by molar-refractivity contribution is 5.28. The van der Waals surface area contributed by atoms with Gasteiger partial charge in [0.1, 0.15) is 23.7 Å². The van der Waals surface area contributed by atoms with Crippen LogP contribution in [0, 0.1) is 17.1 Å². The Morgan fingerprint density at radius 2 is 1.94 bits per heavy atom. The molecule has 1 heterocycles. The van der Waals surface area contributed by atoms with E-state index in [0.717, 1.165) is 5.69 Å². The Balaban J connectivity index is 2.09. The van der Waals surface area contributed by atoms with Gasteiger partial charge in [0, 0.05) is 6.20 Å². The first-order valence-corrected chi connectivity index (χ1v) is 5.47. The second-order valence-electron chi connectivity index (χ2n) is 3.80. The first kappa shape index (κ1) is 12.1. The fourth-order valence-corrected chi connectivity index (χ4v) is 1.49. The normalized spacial score (nSPS) is 11.6. The number of hydrogen-bond donors (Lipinski definition) is 0. The second-order valence-corrected chi connectivity index (χ2v) is 3.80. The number of halogens is 1. The third-order valence-corrected chi connectivity index (χ3v) is 2.46. The van der Waals surface area contributed by atoms with Crippen molar-refractivity contribution in [1.82, 2.24) is 4.98 Å². The molecule has 1 atom stereocenters. The molecule has 0 spiro atoms. The summed E-state index contributed by atoms with van der Waals surface area (Å²) in [6.07, 6.45) is 1.24. The van der Waals surface area contributed by atoms with Gasteiger partial charge in [-0.05, 0) is 43.3 Å². The fourth-order valence-electron chi connectivity index (χ4n) is 1.49. The van der Waals surface area contributed by atoms with E-state index in [1.54, 1.807) is 24.3 Å². The maximum atomic E-state index is 12.7. The van der Waals surface area contributed by atoms with E-state index < -0.39 is 0 Å². The van der Waals surface area contributed by atoms with E-state index >= 15 is 0 Å². The monoisotopic (exact) mass is 242 g/mol. The Bertz CT molecular complexity index is 558. The zero-order valence-corrected chi connectivity index (χ0v) is 9.80. The standard InChI is InChI=1S/C14H11FN2O/c1-10(14-7-2-11(8-16)9-17-14)18-13-5-3-12(15)4-6-13/h2-7,9-10H,1H3. The van der Waals surface area contributed by atoms with Gasteiger partial charge in [0.05, 0.1) is 11.3 Å². The summed E-state index contributed by atoms with van der Waals surface area (Å²) in [6, 6.07) is 11.2. The van der Waals surface area contributed by atoms with E-state index in [1.165, 1.54) is 18.3 Å². The SMILES string of the molecule is CC(Oc1ccc(F)cc1)c1ccc(C#N)cn1. The van der Waals surface area contributed by atoms with E-state index in [-0.39, 0.29) is 11.9 Å². The number of nitriles is 1. The maximum absolute atomic E-state index is 12.7. The van der Waals surface area contributed by atoms with Crippen molar-refractivity contribution in [3.8, 4) is 11.8 Å². The lowest BCUT2D eigenvalue weighted by molar-refractivity contribution is 0.221. The van der Waals surface area contributed by atoms with Crippen molar-refractivity contribution in [3.63, 3.8) is 0 Å². The third-order valence-electron chi connectivity index (χ3n) is 2.46. The number of pyridine rings is 1. The molecule has 0 radical (unpaired) electrons. The van der Waals surface area contributed by atoms with Gasteiger partial charge in [-0.15, -0.1) is 0 Å². The second kappa shape index (κ2) is 5.28. The number of ether oxygens (including phenoxy) is 1. The average Bonchev–Trinajstić information content (AvgIpc) is 2.41. The van der Waals surface area contributed by atoms with Gasteiger partial charge in [0.15, 0.2) is 0 Å². The summed E-state index contributed by atoms with van der Waals surface area (Å²) in [5.74, 6) is 0.279. The highest BCUT2D eigenvalue weighted by Gasteiger charge is 2.08. The molecule has 0 bridgehead atoms. The molecule has 18 heavy (non-hydrogen) atoms. The van der Waals surface area contributed by atoms with Gasteiger partial charge in [-0.1, -0.05) is 0 Å². The average molecular weight is 242 g/mol. The predicted octanol–water partition coefficient (Wildman–Crippen LogP) is 3.23. The summed E-state index contributed by atoms with van der Waals surface area (Å²) in [6.45, 7) is 1.84. The van der Waals surface area contributed by atoms with Gasteiger partial charge in [-0.3, -0.25) is 4.98 Å². The van der Waals surface area contributed by atoms with Crippen LogP contribution in [0.5, 0.6) is 5.75 Å². The lowest BCUT2D eigenvalue weighted by atomic mass is 10.2. The van der Waals surface area contributed by atoms with Crippen LogP contribution in [0.4, 0.5) is 4.39 Å². The molecule has 2 aromatic rings. The number of aromatic nitrogens is 1. The van der Waals surface area contributed by atoms with E-state index in [2.05, 4.69) is 4.98 Å². The summed E-state index contributed by atoms with van der Waals surface area (Å²) in [5, 5.41) is 8.67. The van der Waals surface area contributed by atoms with Crippen LogP contribution in [-0.2, 0) is 0 Å². The number of benzene rings is 1. The van der Waals surface area contributed by atoms with Crippen LogP contribution in [-0.4, -0.2) is 4.98 Å². The summed E-state index contributed by atoms with van der Waals surface area (Å²) in [7, 11) is 0. The molecule has 1 aromatic heterocycles. The van der Waals surface area contributed by atoms with Gasteiger partial charge < -0.3 is 4.74 Å². The van der Waals surface area contributed by atoms with Gasteiger partial charge >= 0.3 is 0 Å². The van der Waals surface area contributed by atoms with Crippen molar-refractivity contribution in [2.24, 2.45) is 0 Å². The van der Waals surface area contributed by atoms with Gasteiger partial charge in [-0.2, -0.15) is 5.26 Å². The molecule has 90 valence electrons. The Morgan fingerprint density at radius 3 is 2.50 bits per heavy atom. The Morgan fingerprint density at radius 1 is 1.22 bits per heavy atom. The lowest BCUT2D eigenvalue weighted by Gasteiger charge is -2.14. The van der Waals surface area contributed by atoms with Crippen LogP contribution >= 0.6 is 0 Å². The Hall–Kier alpha value is -2.41. The van der Waals surface area contributed by atoms with E-state index in [4.69, 9.17) is 10.00 Å². The molecule has 0 amide bonds. The minimum Gasteiger partial charge on any atom is -0.484 e. The van der Waals surface area contributed by atoms with E-state index in [0.29, 0.717) is 11.3 Å². The fraction of sp³-hybridized carbons (Fsp3) is 0.143. The van der Waals surface area contributed by atoms with Crippen LogP contribution in [0.3, 0.4) is 0 Å². The van der Waals surface area contributed by atoms with Crippen LogP contribution < -0.4 is 4.74 Å². The summed E-state index contributed by atoms with van der Waals surface area (Å²) in [4.78, 5) is 4.14. The zero-order valence-electron chi connectivity index (χ0n) is 9.80. The molecule has 0 aliphatic heterocycles. The molecular formula is C14H11FN2O. The summed E-state index contributed by atoms with van der Waals surface area (Å²) >= 11 is 0. The molecule has 3 nitrogen and oxygen atoms in total. The Kier molecular flexibility index (Phi) is 3.54. The highest BCUT2D eigenvalue weighted by Crippen LogP contribution is 2.20. The number of nitrogens with zero attached hydrogens (tertiary/aromatic N) is 2. The van der Waals surface area contributed by atoms with Crippen LogP contribution in [0.15, 0.2) is 42.6 Å². The van der Waals surface area contributed by atoms with Gasteiger partial charge in [-0.25, -0.2) is 4.39 Å². The van der Waals surface area contributed by atoms with Crippen LogP contribution in [0.2, 0.25) is 0 Å².